The van der Waals surface area contributed by atoms with Crippen molar-refractivity contribution in [2.45, 2.75) is 58.6 Å². The topological polar surface area (TPSA) is 21.3 Å². The van der Waals surface area contributed by atoms with Crippen LogP contribution >= 0.6 is 0 Å². The highest BCUT2D eigenvalue weighted by Gasteiger charge is 2.15. The minimum Gasteiger partial charge on any atom is -0.377 e. The smallest absolute Gasteiger partial charge is 0.0700 e. The minimum atomic E-state index is 0.468. The van der Waals surface area contributed by atoms with Crippen molar-refractivity contribution in [2.75, 3.05) is 13.2 Å². The summed E-state index contributed by atoms with van der Waals surface area (Å²) >= 11 is 0. The molecule has 88 valence electrons. The third kappa shape index (κ3) is 5.95. The molecule has 0 aromatic heterocycles. The van der Waals surface area contributed by atoms with Gasteiger partial charge in [0.15, 0.2) is 0 Å². The van der Waals surface area contributed by atoms with Crippen LogP contribution in [0.4, 0.5) is 0 Å². The Morgan fingerprint density at radius 2 is 2.33 bits per heavy atom. The Balaban J connectivity index is 2.02. The maximum Gasteiger partial charge on any atom is 0.0700 e. The first-order chi connectivity index (χ1) is 7.18. The number of ether oxygens (including phenoxy) is 1. The van der Waals surface area contributed by atoms with Crippen LogP contribution < -0.4 is 5.32 Å². The molecule has 0 radical (unpaired) electrons. The molecule has 1 aliphatic rings. The summed E-state index contributed by atoms with van der Waals surface area (Å²) in [6.07, 6.45) is 7.65. The molecule has 1 saturated heterocycles. The normalized spacial score (nSPS) is 22.7. The molecule has 2 unspecified atom stereocenters. The van der Waals surface area contributed by atoms with E-state index in [0.29, 0.717) is 12.1 Å². The third-order valence-corrected chi connectivity index (χ3v) is 2.87. The van der Waals surface area contributed by atoms with E-state index in [2.05, 4.69) is 32.2 Å². The van der Waals surface area contributed by atoms with Crippen LogP contribution in [0.3, 0.4) is 0 Å². The van der Waals surface area contributed by atoms with Gasteiger partial charge in [-0.1, -0.05) is 11.6 Å². The van der Waals surface area contributed by atoms with Gasteiger partial charge in [0.05, 0.1) is 6.10 Å². The predicted molar refractivity (Wildman–Crippen MR) is 65.1 cm³/mol. The van der Waals surface area contributed by atoms with Crippen LogP contribution in [0, 0.1) is 0 Å². The van der Waals surface area contributed by atoms with Crippen molar-refractivity contribution in [3.8, 4) is 0 Å². The van der Waals surface area contributed by atoms with Crippen molar-refractivity contribution in [1.82, 2.24) is 5.32 Å². The maximum atomic E-state index is 5.57. The van der Waals surface area contributed by atoms with Gasteiger partial charge in [-0.05, 0) is 46.5 Å². The summed E-state index contributed by atoms with van der Waals surface area (Å²) in [6, 6.07) is 0.602. The molecule has 0 aromatic carbocycles. The Morgan fingerprint density at radius 1 is 1.53 bits per heavy atom. The second-order valence-electron chi connectivity index (χ2n) is 4.80. The second kappa shape index (κ2) is 7.02. The van der Waals surface area contributed by atoms with E-state index in [1.165, 1.54) is 31.3 Å². The Morgan fingerprint density at radius 3 is 2.93 bits per heavy atom. The fourth-order valence-corrected chi connectivity index (χ4v) is 1.86. The highest BCUT2D eigenvalue weighted by atomic mass is 16.5. The molecule has 0 saturated carbocycles. The molecule has 0 amide bonds. The van der Waals surface area contributed by atoms with Gasteiger partial charge in [0, 0.05) is 19.2 Å². The molecular weight excluding hydrogens is 186 g/mol. The quantitative estimate of drug-likeness (QED) is 0.682. The van der Waals surface area contributed by atoms with Crippen LogP contribution in [0.15, 0.2) is 11.6 Å². The number of hydrogen-bond donors (Lipinski definition) is 1. The SMILES string of the molecule is CC(C)=CCCC(C)NCC1CCCO1. The van der Waals surface area contributed by atoms with Crippen LogP contribution in [-0.4, -0.2) is 25.3 Å². The van der Waals surface area contributed by atoms with Crippen molar-refractivity contribution >= 4 is 0 Å². The van der Waals surface area contributed by atoms with Gasteiger partial charge in [0.2, 0.25) is 0 Å². The molecule has 2 atom stereocenters. The van der Waals surface area contributed by atoms with Crippen LogP contribution in [-0.2, 0) is 4.74 Å². The highest BCUT2D eigenvalue weighted by molar-refractivity contribution is 4.93. The number of nitrogens with one attached hydrogen (secondary N) is 1. The molecule has 1 N–H and O–H groups in total. The van der Waals surface area contributed by atoms with Gasteiger partial charge in [-0.2, -0.15) is 0 Å². The average molecular weight is 211 g/mol. The molecule has 0 aliphatic carbocycles. The fraction of sp³-hybridized carbons (Fsp3) is 0.846. The zero-order valence-corrected chi connectivity index (χ0v) is 10.4. The molecule has 0 spiro atoms. The first kappa shape index (κ1) is 12.7. The van der Waals surface area contributed by atoms with Gasteiger partial charge in [0.1, 0.15) is 0 Å². The fourth-order valence-electron chi connectivity index (χ4n) is 1.86. The van der Waals surface area contributed by atoms with E-state index in [-0.39, 0.29) is 0 Å². The van der Waals surface area contributed by atoms with Crippen LogP contribution in [0.25, 0.3) is 0 Å². The van der Waals surface area contributed by atoms with E-state index >= 15 is 0 Å². The van der Waals surface area contributed by atoms with E-state index in [1.54, 1.807) is 0 Å². The molecule has 2 heteroatoms. The van der Waals surface area contributed by atoms with E-state index in [1.807, 2.05) is 0 Å². The van der Waals surface area contributed by atoms with Crippen molar-refractivity contribution in [2.24, 2.45) is 0 Å². The number of allylic oxidation sites excluding steroid dienone is 2. The summed E-state index contributed by atoms with van der Waals surface area (Å²) < 4.78 is 5.57. The highest BCUT2D eigenvalue weighted by Crippen LogP contribution is 2.11. The van der Waals surface area contributed by atoms with E-state index < -0.39 is 0 Å². The molecule has 0 bridgehead atoms. The van der Waals surface area contributed by atoms with Crippen LogP contribution in [0.1, 0.15) is 46.5 Å². The molecule has 2 nitrogen and oxygen atoms in total. The van der Waals surface area contributed by atoms with Gasteiger partial charge in [0.25, 0.3) is 0 Å². The molecule has 1 rings (SSSR count). The lowest BCUT2D eigenvalue weighted by Crippen LogP contribution is -2.33. The molecule has 1 aliphatic heterocycles. The average Bonchev–Trinajstić information content (AvgIpc) is 2.66. The summed E-state index contributed by atoms with van der Waals surface area (Å²) in [6.45, 7) is 8.55. The van der Waals surface area contributed by atoms with E-state index in [4.69, 9.17) is 4.74 Å². The largest absolute Gasteiger partial charge is 0.377 e. The summed E-state index contributed by atoms with van der Waals surface area (Å²) in [7, 11) is 0. The lowest BCUT2D eigenvalue weighted by Gasteiger charge is -2.16. The summed E-state index contributed by atoms with van der Waals surface area (Å²) in [5, 5.41) is 3.54. The monoisotopic (exact) mass is 211 g/mol. The summed E-state index contributed by atoms with van der Waals surface area (Å²) in [5.41, 5.74) is 1.42. The van der Waals surface area contributed by atoms with Crippen molar-refractivity contribution in [1.29, 1.82) is 0 Å². The van der Waals surface area contributed by atoms with Crippen molar-refractivity contribution < 1.29 is 4.74 Å². The van der Waals surface area contributed by atoms with E-state index in [0.717, 1.165) is 13.2 Å². The predicted octanol–water partition coefficient (Wildman–Crippen LogP) is 2.89. The zero-order chi connectivity index (χ0) is 11.1. The lowest BCUT2D eigenvalue weighted by atomic mass is 10.1. The van der Waals surface area contributed by atoms with Crippen LogP contribution in [0.5, 0.6) is 0 Å². The molecule has 0 aromatic rings. The zero-order valence-electron chi connectivity index (χ0n) is 10.4. The maximum absolute atomic E-state index is 5.57. The first-order valence-electron chi connectivity index (χ1n) is 6.17. The first-order valence-corrected chi connectivity index (χ1v) is 6.17. The van der Waals surface area contributed by atoms with Gasteiger partial charge in [-0.25, -0.2) is 0 Å². The Labute approximate surface area is 94.1 Å². The van der Waals surface area contributed by atoms with Gasteiger partial charge in [-0.15, -0.1) is 0 Å². The van der Waals surface area contributed by atoms with E-state index in [9.17, 15) is 0 Å². The summed E-state index contributed by atoms with van der Waals surface area (Å²) in [5.74, 6) is 0. The molecular formula is C13H25NO. The summed E-state index contributed by atoms with van der Waals surface area (Å²) in [4.78, 5) is 0. The minimum absolute atomic E-state index is 0.468. The molecule has 15 heavy (non-hydrogen) atoms. The van der Waals surface area contributed by atoms with Crippen LogP contribution in [0.2, 0.25) is 0 Å². The Hall–Kier alpha value is -0.340. The van der Waals surface area contributed by atoms with Gasteiger partial charge >= 0.3 is 0 Å². The Bertz CT molecular complexity index is 191. The molecule has 1 fully saturated rings. The Kier molecular flexibility index (Phi) is 5.96. The number of hydrogen-bond acceptors (Lipinski definition) is 2. The lowest BCUT2D eigenvalue weighted by molar-refractivity contribution is 0.107. The van der Waals surface area contributed by atoms with Gasteiger partial charge < -0.3 is 10.1 Å². The second-order valence-corrected chi connectivity index (χ2v) is 4.80. The number of rotatable bonds is 6. The third-order valence-electron chi connectivity index (χ3n) is 2.87. The standard InChI is InChI=1S/C13H25NO/c1-11(2)6-4-7-12(3)14-10-13-8-5-9-15-13/h6,12-14H,4-5,7-10H2,1-3H3. The van der Waals surface area contributed by atoms with Gasteiger partial charge in [-0.3, -0.25) is 0 Å². The molecule has 1 heterocycles. The van der Waals surface area contributed by atoms with Crippen molar-refractivity contribution in [3.05, 3.63) is 11.6 Å². The van der Waals surface area contributed by atoms with Crippen molar-refractivity contribution in [3.63, 3.8) is 0 Å².